The van der Waals surface area contributed by atoms with Gasteiger partial charge in [0.2, 0.25) is 0 Å². The Morgan fingerprint density at radius 2 is 2.06 bits per heavy atom. The smallest absolute Gasteiger partial charge is 0.0233 e. The van der Waals surface area contributed by atoms with E-state index in [1.807, 2.05) is 0 Å². The van der Waals surface area contributed by atoms with E-state index in [0.29, 0.717) is 12.0 Å². The fourth-order valence-electron chi connectivity index (χ4n) is 2.60. The molecule has 0 aromatic heterocycles. The third kappa shape index (κ3) is 3.71. The monoisotopic (exact) mass is 268 g/mol. The van der Waals surface area contributed by atoms with Crippen LogP contribution in [0.1, 0.15) is 30.0 Å². The summed E-state index contributed by atoms with van der Waals surface area (Å²) in [5.41, 5.74) is 10.2. The van der Waals surface area contributed by atoms with Crippen molar-refractivity contribution in [1.82, 2.24) is 4.90 Å². The minimum Gasteiger partial charge on any atom is -0.328 e. The lowest BCUT2D eigenvalue weighted by molar-refractivity contribution is 0.308. The highest BCUT2D eigenvalue weighted by molar-refractivity contribution is 5.85. The van der Waals surface area contributed by atoms with Gasteiger partial charge in [0.25, 0.3) is 0 Å². The van der Waals surface area contributed by atoms with E-state index in [4.69, 9.17) is 5.73 Å². The molecule has 1 heterocycles. The van der Waals surface area contributed by atoms with Gasteiger partial charge in [-0.25, -0.2) is 0 Å². The molecular formula is C15H25ClN2. The molecular weight excluding hydrogens is 244 g/mol. The Morgan fingerprint density at radius 1 is 1.33 bits per heavy atom. The zero-order valence-corrected chi connectivity index (χ0v) is 12.5. The number of hydrogen-bond donors (Lipinski definition) is 1. The largest absolute Gasteiger partial charge is 0.328 e. The van der Waals surface area contributed by atoms with Crippen LogP contribution in [-0.2, 0) is 6.54 Å². The summed E-state index contributed by atoms with van der Waals surface area (Å²) in [6.45, 7) is 9.91. The molecule has 2 atom stereocenters. The Balaban J connectivity index is 0.00000162. The lowest BCUT2D eigenvalue weighted by atomic mass is 10.0. The van der Waals surface area contributed by atoms with E-state index in [9.17, 15) is 0 Å². The van der Waals surface area contributed by atoms with Gasteiger partial charge < -0.3 is 5.73 Å². The lowest BCUT2D eigenvalue weighted by Crippen LogP contribution is -2.29. The summed E-state index contributed by atoms with van der Waals surface area (Å²) in [5.74, 6) is 0.682. The quantitative estimate of drug-likeness (QED) is 0.913. The molecule has 2 unspecified atom stereocenters. The zero-order chi connectivity index (χ0) is 12.4. The second-order valence-corrected chi connectivity index (χ2v) is 5.56. The van der Waals surface area contributed by atoms with Crippen LogP contribution in [0.4, 0.5) is 0 Å². The van der Waals surface area contributed by atoms with Crippen molar-refractivity contribution in [1.29, 1.82) is 0 Å². The van der Waals surface area contributed by atoms with Gasteiger partial charge in [-0.1, -0.05) is 18.2 Å². The van der Waals surface area contributed by atoms with E-state index >= 15 is 0 Å². The number of halogens is 1. The van der Waals surface area contributed by atoms with Crippen LogP contribution in [-0.4, -0.2) is 24.0 Å². The topological polar surface area (TPSA) is 29.3 Å². The summed E-state index contributed by atoms with van der Waals surface area (Å²) >= 11 is 0. The molecule has 0 saturated carbocycles. The van der Waals surface area contributed by atoms with Crippen molar-refractivity contribution < 1.29 is 0 Å². The van der Waals surface area contributed by atoms with Crippen LogP contribution < -0.4 is 5.73 Å². The highest BCUT2D eigenvalue weighted by Gasteiger charge is 2.24. The molecule has 2 nitrogen and oxygen atoms in total. The molecule has 0 radical (unpaired) electrons. The Kier molecular flexibility index (Phi) is 5.64. The molecule has 0 amide bonds. The Hall–Kier alpha value is -0.570. The number of likely N-dealkylation sites (tertiary alicyclic amines) is 1. The van der Waals surface area contributed by atoms with Crippen molar-refractivity contribution in [2.45, 2.75) is 39.8 Å². The van der Waals surface area contributed by atoms with E-state index in [1.165, 1.54) is 29.7 Å². The van der Waals surface area contributed by atoms with E-state index in [2.05, 4.69) is 43.9 Å². The normalized spacial score (nSPS) is 21.7. The third-order valence-corrected chi connectivity index (χ3v) is 4.03. The van der Waals surface area contributed by atoms with Gasteiger partial charge in [-0.2, -0.15) is 0 Å². The average Bonchev–Trinajstić information content (AvgIpc) is 2.72. The molecule has 0 aliphatic carbocycles. The van der Waals surface area contributed by atoms with Gasteiger partial charge in [0.1, 0.15) is 0 Å². The number of nitrogens with zero attached hydrogens (tertiary/aromatic N) is 1. The second kappa shape index (κ2) is 6.55. The molecule has 1 aliphatic heterocycles. The van der Waals surface area contributed by atoms with Crippen molar-refractivity contribution in [2.75, 3.05) is 13.1 Å². The predicted molar refractivity (Wildman–Crippen MR) is 80.2 cm³/mol. The van der Waals surface area contributed by atoms with Crippen LogP contribution in [0.15, 0.2) is 18.2 Å². The molecule has 18 heavy (non-hydrogen) atoms. The van der Waals surface area contributed by atoms with Crippen LogP contribution in [0.5, 0.6) is 0 Å². The van der Waals surface area contributed by atoms with E-state index < -0.39 is 0 Å². The van der Waals surface area contributed by atoms with Crippen molar-refractivity contribution in [3.63, 3.8) is 0 Å². The number of nitrogens with two attached hydrogens (primary N) is 1. The molecule has 2 rings (SSSR count). The number of aryl methyl sites for hydroxylation is 2. The molecule has 102 valence electrons. The summed E-state index contributed by atoms with van der Waals surface area (Å²) in [5, 5.41) is 0. The number of hydrogen-bond acceptors (Lipinski definition) is 2. The van der Waals surface area contributed by atoms with E-state index in [1.54, 1.807) is 0 Å². The first-order valence-corrected chi connectivity index (χ1v) is 6.60. The standard InChI is InChI=1S/C15H24N2.ClH/c1-11-4-5-14(8-12(11)2)9-17-7-6-15(10-17)13(3)16;/h4-5,8,13,15H,6-7,9-10,16H2,1-3H3;1H. The van der Waals surface area contributed by atoms with Crippen LogP contribution in [0, 0.1) is 19.8 Å². The minimum absolute atomic E-state index is 0. The van der Waals surface area contributed by atoms with Crippen LogP contribution in [0.25, 0.3) is 0 Å². The van der Waals surface area contributed by atoms with Crippen LogP contribution in [0.2, 0.25) is 0 Å². The van der Waals surface area contributed by atoms with Gasteiger partial charge in [-0.15, -0.1) is 12.4 Å². The predicted octanol–water partition coefficient (Wildman–Crippen LogP) is 2.89. The summed E-state index contributed by atoms with van der Waals surface area (Å²) in [7, 11) is 0. The molecule has 0 bridgehead atoms. The average molecular weight is 269 g/mol. The van der Waals surface area contributed by atoms with Crippen LogP contribution >= 0.6 is 12.4 Å². The molecule has 0 spiro atoms. The highest BCUT2D eigenvalue weighted by atomic mass is 35.5. The summed E-state index contributed by atoms with van der Waals surface area (Å²) in [6.07, 6.45) is 1.25. The van der Waals surface area contributed by atoms with Crippen molar-refractivity contribution in [2.24, 2.45) is 11.7 Å². The molecule has 1 fully saturated rings. The van der Waals surface area contributed by atoms with Gasteiger partial charge in [0, 0.05) is 19.1 Å². The summed E-state index contributed by atoms with van der Waals surface area (Å²) in [4.78, 5) is 2.53. The summed E-state index contributed by atoms with van der Waals surface area (Å²) < 4.78 is 0. The third-order valence-electron chi connectivity index (χ3n) is 4.03. The fourth-order valence-corrected chi connectivity index (χ4v) is 2.60. The van der Waals surface area contributed by atoms with Gasteiger partial charge in [-0.3, -0.25) is 4.90 Å². The minimum atomic E-state index is 0. The molecule has 2 N–H and O–H groups in total. The van der Waals surface area contributed by atoms with Gasteiger partial charge in [-0.05, 0) is 56.3 Å². The highest BCUT2D eigenvalue weighted by Crippen LogP contribution is 2.21. The second-order valence-electron chi connectivity index (χ2n) is 5.56. The van der Waals surface area contributed by atoms with Gasteiger partial charge in [0.05, 0.1) is 0 Å². The van der Waals surface area contributed by atoms with E-state index in [-0.39, 0.29) is 12.4 Å². The van der Waals surface area contributed by atoms with Gasteiger partial charge in [0.15, 0.2) is 0 Å². The molecule has 1 aromatic rings. The fraction of sp³-hybridized carbons (Fsp3) is 0.600. The zero-order valence-electron chi connectivity index (χ0n) is 11.6. The lowest BCUT2D eigenvalue weighted by Gasteiger charge is -2.18. The molecule has 1 saturated heterocycles. The SMILES string of the molecule is Cc1ccc(CN2CCC(C(C)N)C2)cc1C.Cl. The molecule has 1 aromatic carbocycles. The molecule has 3 heteroatoms. The maximum atomic E-state index is 5.97. The first-order valence-electron chi connectivity index (χ1n) is 6.60. The maximum absolute atomic E-state index is 5.97. The summed E-state index contributed by atoms with van der Waals surface area (Å²) in [6, 6.07) is 7.12. The first kappa shape index (κ1) is 15.5. The maximum Gasteiger partial charge on any atom is 0.0233 e. The Morgan fingerprint density at radius 3 is 2.61 bits per heavy atom. The van der Waals surface area contributed by atoms with Crippen molar-refractivity contribution in [3.8, 4) is 0 Å². The number of rotatable bonds is 3. The first-order chi connectivity index (χ1) is 8.06. The molecule has 1 aliphatic rings. The Labute approximate surface area is 117 Å². The van der Waals surface area contributed by atoms with Gasteiger partial charge >= 0.3 is 0 Å². The van der Waals surface area contributed by atoms with Crippen molar-refractivity contribution in [3.05, 3.63) is 34.9 Å². The Bertz CT molecular complexity index is 390. The van der Waals surface area contributed by atoms with Crippen LogP contribution in [0.3, 0.4) is 0 Å². The number of benzene rings is 1. The van der Waals surface area contributed by atoms with Crippen molar-refractivity contribution >= 4 is 12.4 Å². The van der Waals surface area contributed by atoms with E-state index in [0.717, 1.165) is 13.1 Å².